The summed E-state index contributed by atoms with van der Waals surface area (Å²) < 4.78 is 0. The van der Waals surface area contributed by atoms with Gasteiger partial charge in [-0.05, 0) is 12.0 Å². The average molecular weight is 175 g/mol. The molecule has 0 radical (unpaired) electrons. The molecular weight excluding hydrogens is 158 g/mol. The summed E-state index contributed by atoms with van der Waals surface area (Å²) in [6.45, 7) is 4.42. The summed E-state index contributed by atoms with van der Waals surface area (Å²) in [7, 11) is 0. The lowest BCUT2D eigenvalue weighted by molar-refractivity contribution is 0.576. The zero-order valence-electron chi connectivity index (χ0n) is 8.33. The minimum atomic E-state index is 0.610. The Hall–Kier alpha value is -0.820. The highest BCUT2D eigenvalue weighted by Gasteiger charge is 2.37. The number of hydrogen-bond acceptors (Lipinski definition) is 1. The SMILES string of the molecule is CC(C)N[C@@H]1CC1c1ccccc1. The van der Waals surface area contributed by atoms with Crippen molar-refractivity contribution >= 4 is 0 Å². The molecule has 0 bridgehead atoms. The van der Waals surface area contributed by atoms with Crippen molar-refractivity contribution in [1.29, 1.82) is 0 Å². The van der Waals surface area contributed by atoms with E-state index in [2.05, 4.69) is 49.5 Å². The fourth-order valence-corrected chi connectivity index (χ4v) is 1.88. The van der Waals surface area contributed by atoms with E-state index in [9.17, 15) is 0 Å². The van der Waals surface area contributed by atoms with E-state index in [-0.39, 0.29) is 0 Å². The summed E-state index contributed by atoms with van der Waals surface area (Å²) in [5.41, 5.74) is 1.49. The molecule has 1 aromatic rings. The second-order valence-electron chi connectivity index (χ2n) is 4.18. The maximum absolute atomic E-state index is 3.57. The van der Waals surface area contributed by atoms with Gasteiger partial charge in [0.1, 0.15) is 0 Å². The third kappa shape index (κ3) is 2.10. The summed E-state index contributed by atoms with van der Waals surface area (Å²) in [4.78, 5) is 0. The molecule has 0 aromatic heterocycles. The Kier molecular flexibility index (Phi) is 2.36. The predicted molar refractivity (Wildman–Crippen MR) is 55.9 cm³/mol. The lowest BCUT2D eigenvalue weighted by Crippen LogP contribution is -2.25. The molecule has 13 heavy (non-hydrogen) atoms. The first kappa shape index (κ1) is 8.76. The third-order valence-electron chi connectivity index (χ3n) is 2.57. The van der Waals surface area contributed by atoms with Crippen molar-refractivity contribution in [3.63, 3.8) is 0 Å². The van der Waals surface area contributed by atoms with Crippen LogP contribution in [0.2, 0.25) is 0 Å². The average Bonchev–Trinajstić information content (AvgIpc) is 2.84. The molecule has 1 unspecified atom stereocenters. The van der Waals surface area contributed by atoms with Crippen LogP contribution >= 0.6 is 0 Å². The number of rotatable bonds is 3. The highest BCUT2D eigenvalue weighted by molar-refractivity contribution is 5.27. The Labute approximate surface area is 80.2 Å². The van der Waals surface area contributed by atoms with Crippen molar-refractivity contribution < 1.29 is 0 Å². The molecule has 0 saturated heterocycles. The summed E-state index contributed by atoms with van der Waals surface area (Å²) in [6.07, 6.45) is 1.31. The molecule has 2 rings (SSSR count). The van der Waals surface area contributed by atoms with Crippen molar-refractivity contribution in [2.45, 2.75) is 38.3 Å². The molecule has 70 valence electrons. The molecule has 2 atom stereocenters. The molecule has 1 heteroatoms. The van der Waals surface area contributed by atoms with Crippen LogP contribution in [0.25, 0.3) is 0 Å². The zero-order valence-corrected chi connectivity index (χ0v) is 8.33. The van der Waals surface area contributed by atoms with Crippen molar-refractivity contribution in [1.82, 2.24) is 5.32 Å². The monoisotopic (exact) mass is 175 g/mol. The van der Waals surface area contributed by atoms with Gasteiger partial charge in [0.25, 0.3) is 0 Å². The first-order valence-corrected chi connectivity index (χ1v) is 5.08. The van der Waals surface area contributed by atoms with Gasteiger partial charge in [-0.3, -0.25) is 0 Å². The first-order chi connectivity index (χ1) is 6.27. The van der Waals surface area contributed by atoms with Gasteiger partial charge in [0.15, 0.2) is 0 Å². The molecule has 0 spiro atoms. The molecule has 1 N–H and O–H groups in total. The summed E-state index contributed by atoms with van der Waals surface area (Å²) in [5.74, 6) is 0.767. The zero-order chi connectivity index (χ0) is 9.26. The molecular formula is C12H17N. The van der Waals surface area contributed by atoms with Crippen LogP contribution in [0.3, 0.4) is 0 Å². The quantitative estimate of drug-likeness (QED) is 0.744. The topological polar surface area (TPSA) is 12.0 Å². The van der Waals surface area contributed by atoms with Gasteiger partial charge in [0.05, 0.1) is 0 Å². The van der Waals surface area contributed by atoms with E-state index in [1.54, 1.807) is 0 Å². The Balaban J connectivity index is 1.93. The molecule has 1 fully saturated rings. The van der Waals surface area contributed by atoms with Crippen LogP contribution in [-0.4, -0.2) is 12.1 Å². The fraction of sp³-hybridized carbons (Fsp3) is 0.500. The normalized spacial score (nSPS) is 26.4. The molecule has 1 aromatic carbocycles. The lowest BCUT2D eigenvalue weighted by atomic mass is 10.1. The van der Waals surface area contributed by atoms with E-state index < -0.39 is 0 Å². The van der Waals surface area contributed by atoms with Gasteiger partial charge in [0.2, 0.25) is 0 Å². The summed E-state index contributed by atoms with van der Waals surface area (Å²) in [5, 5.41) is 3.57. The van der Waals surface area contributed by atoms with E-state index in [0.29, 0.717) is 6.04 Å². The van der Waals surface area contributed by atoms with Gasteiger partial charge in [-0.1, -0.05) is 44.2 Å². The highest BCUT2D eigenvalue weighted by Crippen LogP contribution is 2.40. The van der Waals surface area contributed by atoms with Crippen LogP contribution in [0, 0.1) is 0 Å². The third-order valence-corrected chi connectivity index (χ3v) is 2.57. The van der Waals surface area contributed by atoms with Crippen LogP contribution < -0.4 is 5.32 Å². The van der Waals surface area contributed by atoms with Gasteiger partial charge in [-0.25, -0.2) is 0 Å². The number of hydrogen-bond donors (Lipinski definition) is 1. The van der Waals surface area contributed by atoms with Crippen LogP contribution in [0.4, 0.5) is 0 Å². The van der Waals surface area contributed by atoms with Crippen molar-refractivity contribution in [3.8, 4) is 0 Å². The van der Waals surface area contributed by atoms with Gasteiger partial charge in [-0.15, -0.1) is 0 Å². The maximum atomic E-state index is 3.57. The Morgan fingerprint density at radius 1 is 1.23 bits per heavy atom. The van der Waals surface area contributed by atoms with Crippen molar-refractivity contribution in [2.24, 2.45) is 0 Å². The number of benzene rings is 1. The van der Waals surface area contributed by atoms with Crippen LogP contribution in [0.5, 0.6) is 0 Å². The molecule has 1 saturated carbocycles. The smallest absolute Gasteiger partial charge is 0.0145 e. The van der Waals surface area contributed by atoms with E-state index in [1.807, 2.05) is 0 Å². The second-order valence-corrected chi connectivity index (χ2v) is 4.18. The van der Waals surface area contributed by atoms with E-state index in [0.717, 1.165) is 12.0 Å². The molecule has 1 aliphatic rings. The van der Waals surface area contributed by atoms with Crippen molar-refractivity contribution in [2.75, 3.05) is 0 Å². The van der Waals surface area contributed by atoms with E-state index >= 15 is 0 Å². The molecule has 0 amide bonds. The van der Waals surface area contributed by atoms with E-state index in [1.165, 1.54) is 12.0 Å². The summed E-state index contributed by atoms with van der Waals surface area (Å²) in [6, 6.07) is 12.1. The van der Waals surface area contributed by atoms with Gasteiger partial charge in [-0.2, -0.15) is 0 Å². The molecule has 0 heterocycles. The van der Waals surface area contributed by atoms with Crippen molar-refractivity contribution in [3.05, 3.63) is 35.9 Å². The Morgan fingerprint density at radius 2 is 1.92 bits per heavy atom. The van der Waals surface area contributed by atoms with E-state index in [4.69, 9.17) is 0 Å². The predicted octanol–water partition coefficient (Wildman–Crippen LogP) is 2.54. The van der Waals surface area contributed by atoms with Gasteiger partial charge >= 0.3 is 0 Å². The minimum Gasteiger partial charge on any atom is -0.311 e. The Bertz CT molecular complexity index is 266. The molecule has 0 aliphatic heterocycles. The lowest BCUT2D eigenvalue weighted by Gasteiger charge is -2.06. The molecule has 1 nitrogen and oxygen atoms in total. The number of nitrogens with one attached hydrogen (secondary N) is 1. The largest absolute Gasteiger partial charge is 0.311 e. The van der Waals surface area contributed by atoms with Crippen LogP contribution in [0.1, 0.15) is 31.7 Å². The Morgan fingerprint density at radius 3 is 2.54 bits per heavy atom. The standard InChI is InChI=1S/C12H17N/c1-9(2)13-12-8-11(12)10-6-4-3-5-7-10/h3-7,9,11-13H,8H2,1-2H3/t11?,12-/m1/s1. The second kappa shape index (κ2) is 3.51. The first-order valence-electron chi connectivity index (χ1n) is 5.08. The molecule has 1 aliphatic carbocycles. The highest BCUT2D eigenvalue weighted by atomic mass is 15.0. The van der Waals surface area contributed by atoms with Gasteiger partial charge in [0, 0.05) is 18.0 Å². The minimum absolute atomic E-state index is 0.610. The summed E-state index contributed by atoms with van der Waals surface area (Å²) >= 11 is 0. The van der Waals surface area contributed by atoms with Crippen LogP contribution in [-0.2, 0) is 0 Å². The maximum Gasteiger partial charge on any atom is 0.0145 e. The van der Waals surface area contributed by atoms with Crippen LogP contribution in [0.15, 0.2) is 30.3 Å². The fourth-order valence-electron chi connectivity index (χ4n) is 1.88. The van der Waals surface area contributed by atoms with Gasteiger partial charge < -0.3 is 5.32 Å².